The number of carbonyl (C=O) groups excluding carboxylic acids is 1. The molecule has 3 N–H and O–H groups in total. The first-order valence-electron chi connectivity index (χ1n) is 4.26. The summed E-state index contributed by atoms with van der Waals surface area (Å²) in [4.78, 5) is 21.7. The van der Waals surface area contributed by atoms with Crippen LogP contribution in [0.1, 0.15) is 20.3 Å². The quantitative estimate of drug-likeness (QED) is 0.542. The maximum absolute atomic E-state index is 11.1. The molecule has 0 aliphatic rings. The summed E-state index contributed by atoms with van der Waals surface area (Å²) in [7, 11) is 0. The molecule has 80 valence electrons. The molecule has 0 radical (unpaired) electrons. The molecule has 0 heterocycles. The summed E-state index contributed by atoms with van der Waals surface area (Å²) >= 11 is 0. The summed E-state index contributed by atoms with van der Waals surface area (Å²) in [5.74, 6) is -1.60. The minimum Gasteiger partial charge on any atom is -0.480 e. The Hall–Kier alpha value is -1.36. The van der Waals surface area contributed by atoms with Crippen molar-refractivity contribution in [2.45, 2.75) is 26.3 Å². The van der Waals surface area contributed by atoms with Gasteiger partial charge in [-0.3, -0.25) is 4.79 Å². The normalized spacial score (nSPS) is 11.6. The highest BCUT2D eigenvalue weighted by Crippen LogP contribution is 1.93. The number of amides is 1. The van der Waals surface area contributed by atoms with Gasteiger partial charge in [-0.2, -0.15) is 0 Å². The number of aliphatic hydroxyl groups is 1. The van der Waals surface area contributed by atoms with Gasteiger partial charge in [0, 0.05) is 19.1 Å². The molecule has 0 aliphatic carbocycles. The molecule has 0 spiro atoms. The Morgan fingerprint density at radius 1 is 1.43 bits per heavy atom. The Balaban J connectivity index is 4.23. The van der Waals surface area contributed by atoms with Gasteiger partial charge < -0.3 is 15.5 Å². The molecule has 1 atom stereocenters. The average molecular weight is 201 g/mol. The molecule has 0 aliphatic heterocycles. The van der Waals surface area contributed by atoms with Crippen molar-refractivity contribution in [3.8, 4) is 0 Å². The maximum atomic E-state index is 11.1. The predicted octanol–water partition coefficient (Wildman–Crippen LogP) is -0.0956. The lowest BCUT2D eigenvalue weighted by atomic mass is 10.2. The molecule has 0 unspecified atom stereocenters. The van der Waals surface area contributed by atoms with Gasteiger partial charge in [-0.15, -0.1) is 0 Å². The molecule has 5 heteroatoms. The number of aliphatic hydroxyl groups excluding tert-OH is 1. The number of hydrogen-bond donors (Lipinski definition) is 3. The Labute approximate surface area is 82.4 Å². The van der Waals surface area contributed by atoms with Crippen molar-refractivity contribution in [2.24, 2.45) is 0 Å². The van der Waals surface area contributed by atoms with Crippen LogP contribution in [0.3, 0.4) is 0 Å². The topological polar surface area (TPSA) is 86.6 Å². The van der Waals surface area contributed by atoms with Crippen LogP contribution in [0, 0.1) is 0 Å². The Bertz CT molecular complexity index is 243. The molecule has 0 saturated carbocycles. The number of carboxylic acids is 1. The molecule has 0 bridgehead atoms. The van der Waals surface area contributed by atoms with Gasteiger partial charge in [-0.05, 0) is 13.8 Å². The zero-order valence-corrected chi connectivity index (χ0v) is 8.28. The van der Waals surface area contributed by atoms with E-state index in [9.17, 15) is 9.59 Å². The number of aliphatic carboxylic acids is 1. The second-order valence-corrected chi connectivity index (χ2v) is 3.13. The third-order valence-electron chi connectivity index (χ3n) is 1.45. The van der Waals surface area contributed by atoms with Gasteiger partial charge in [-0.1, -0.05) is 5.57 Å². The first kappa shape index (κ1) is 12.6. The first-order chi connectivity index (χ1) is 6.47. The van der Waals surface area contributed by atoms with Crippen molar-refractivity contribution in [3.05, 3.63) is 11.6 Å². The number of rotatable bonds is 5. The third kappa shape index (κ3) is 5.31. The largest absolute Gasteiger partial charge is 0.480 e. The second kappa shape index (κ2) is 6.15. The monoisotopic (exact) mass is 201 g/mol. The van der Waals surface area contributed by atoms with Gasteiger partial charge in [0.1, 0.15) is 6.04 Å². The molecule has 0 aromatic carbocycles. The van der Waals surface area contributed by atoms with Gasteiger partial charge in [-0.25, -0.2) is 4.79 Å². The Morgan fingerprint density at radius 2 is 2.00 bits per heavy atom. The Morgan fingerprint density at radius 3 is 2.36 bits per heavy atom. The molecule has 5 nitrogen and oxygen atoms in total. The number of allylic oxidation sites excluding steroid dienone is 1. The minimum atomic E-state index is -1.14. The zero-order valence-electron chi connectivity index (χ0n) is 8.28. The molecule has 1 amide bonds. The fourth-order valence-corrected chi connectivity index (χ4v) is 0.862. The van der Waals surface area contributed by atoms with E-state index in [2.05, 4.69) is 5.32 Å². The van der Waals surface area contributed by atoms with E-state index in [1.807, 2.05) is 0 Å². The summed E-state index contributed by atoms with van der Waals surface area (Å²) in [6.45, 7) is 3.20. The van der Waals surface area contributed by atoms with Gasteiger partial charge in [0.25, 0.3) is 0 Å². The van der Waals surface area contributed by atoms with Crippen molar-refractivity contribution in [3.63, 3.8) is 0 Å². The van der Waals surface area contributed by atoms with Crippen LogP contribution in [-0.4, -0.2) is 34.7 Å². The zero-order chi connectivity index (χ0) is 11.1. The van der Waals surface area contributed by atoms with Crippen LogP contribution >= 0.6 is 0 Å². The second-order valence-electron chi connectivity index (χ2n) is 3.13. The van der Waals surface area contributed by atoms with Crippen molar-refractivity contribution >= 4 is 11.9 Å². The van der Waals surface area contributed by atoms with Gasteiger partial charge in [0.2, 0.25) is 5.91 Å². The van der Waals surface area contributed by atoms with Crippen LogP contribution in [0.5, 0.6) is 0 Å². The molecule has 0 fully saturated rings. The molecule has 0 aromatic rings. The number of nitrogens with one attached hydrogen (secondary N) is 1. The van der Waals surface area contributed by atoms with Gasteiger partial charge in [0.05, 0.1) is 0 Å². The van der Waals surface area contributed by atoms with Crippen LogP contribution in [-0.2, 0) is 9.59 Å². The first-order valence-corrected chi connectivity index (χ1v) is 4.26. The fraction of sp³-hybridized carbons (Fsp3) is 0.556. The molecular formula is C9H15NO4. The van der Waals surface area contributed by atoms with Crippen molar-refractivity contribution < 1.29 is 19.8 Å². The molecule has 0 aromatic heterocycles. The fourth-order valence-electron chi connectivity index (χ4n) is 0.862. The van der Waals surface area contributed by atoms with E-state index < -0.39 is 17.9 Å². The average Bonchev–Trinajstić information content (AvgIpc) is 2.01. The smallest absolute Gasteiger partial charge is 0.326 e. The molecule has 0 rings (SSSR count). The summed E-state index contributed by atoms with van der Waals surface area (Å²) in [5.41, 5.74) is 0.788. The van der Waals surface area contributed by atoms with E-state index in [0.717, 1.165) is 5.57 Å². The number of carboxylic acid groups (broad SMARTS) is 1. The minimum absolute atomic E-state index is 0.0116. The van der Waals surface area contributed by atoms with E-state index in [4.69, 9.17) is 10.2 Å². The SMILES string of the molecule is CC(C)=CC(=O)N[C@H](CCO)C(=O)O. The highest BCUT2D eigenvalue weighted by Gasteiger charge is 2.17. The maximum Gasteiger partial charge on any atom is 0.326 e. The summed E-state index contributed by atoms with van der Waals surface area (Å²) < 4.78 is 0. The number of hydrogen-bond acceptors (Lipinski definition) is 3. The van der Waals surface area contributed by atoms with E-state index in [-0.39, 0.29) is 13.0 Å². The lowest BCUT2D eigenvalue weighted by Crippen LogP contribution is -2.40. The molecule has 14 heavy (non-hydrogen) atoms. The van der Waals surface area contributed by atoms with Gasteiger partial charge in [0.15, 0.2) is 0 Å². The molecular weight excluding hydrogens is 186 g/mol. The van der Waals surface area contributed by atoms with Crippen LogP contribution in [0.2, 0.25) is 0 Å². The lowest BCUT2D eigenvalue weighted by Gasteiger charge is -2.11. The van der Waals surface area contributed by atoms with Crippen molar-refractivity contribution in [1.82, 2.24) is 5.32 Å². The summed E-state index contributed by atoms with van der Waals surface area (Å²) in [6, 6.07) is -1.02. The van der Waals surface area contributed by atoms with E-state index in [0.29, 0.717) is 0 Å². The van der Waals surface area contributed by atoms with E-state index in [1.165, 1.54) is 6.08 Å². The van der Waals surface area contributed by atoms with Gasteiger partial charge >= 0.3 is 5.97 Å². The van der Waals surface area contributed by atoms with E-state index in [1.54, 1.807) is 13.8 Å². The molecule has 0 saturated heterocycles. The number of carbonyl (C=O) groups is 2. The van der Waals surface area contributed by atoms with Crippen molar-refractivity contribution in [2.75, 3.05) is 6.61 Å². The van der Waals surface area contributed by atoms with Crippen LogP contribution in [0.25, 0.3) is 0 Å². The predicted molar refractivity (Wildman–Crippen MR) is 50.7 cm³/mol. The lowest BCUT2D eigenvalue weighted by molar-refractivity contribution is -0.141. The summed E-state index contributed by atoms with van der Waals surface area (Å²) in [6.07, 6.45) is 1.32. The standard InChI is InChI=1S/C9H15NO4/c1-6(2)5-8(12)10-7(3-4-11)9(13)14/h5,7,11H,3-4H2,1-2H3,(H,10,12)(H,13,14)/t7-/m1/s1. The van der Waals surface area contributed by atoms with Crippen LogP contribution in [0.4, 0.5) is 0 Å². The summed E-state index contributed by atoms with van der Waals surface area (Å²) in [5, 5.41) is 19.5. The third-order valence-corrected chi connectivity index (χ3v) is 1.45. The van der Waals surface area contributed by atoms with Crippen molar-refractivity contribution in [1.29, 1.82) is 0 Å². The highest BCUT2D eigenvalue weighted by molar-refractivity contribution is 5.91. The highest BCUT2D eigenvalue weighted by atomic mass is 16.4. The van der Waals surface area contributed by atoms with Crippen LogP contribution in [0.15, 0.2) is 11.6 Å². The Kier molecular flexibility index (Phi) is 5.55. The van der Waals surface area contributed by atoms with E-state index >= 15 is 0 Å². The van der Waals surface area contributed by atoms with Crippen LogP contribution < -0.4 is 5.32 Å².